The molecule has 1 aromatic heterocycles. The van der Waals surface area contributed by atoms with Crippen LogP contribution in [-0.4, -0.2) is 11.3 Å². The Labute approximate surface area is 111 Å². The van der Waals surface area contributed by atoms with Crippen LogP contribution in [0.4, 0.5) is 13.2 Å². The second kappa shape index (κ2) is 5.01. The maximum atomic E-state index is 12.9. The van der Waals surface area contributed by atoms with Crippen molar-refractivity contribution in [2.45, 2.75) is 6.18 Å². The summed E-state index contributed by atoms with van der Waals surface area (Å²) in [5.41, 5.74) is -0.952. The average molecular weight is 286 g/mol. The van der Waals surface area contributed by atoms with Crippen molar-refractivity contribution in [2.24, 2.45) is 0 Å². The molecule has 19 heavy (non-hydrogen) atoms. The van der Waals surface area contributed by atoms with E-state index in [1.54, 1.807) is 0 Å². The van der Waals surface area contributed by atoms with E-state index in [1.807, 2.05) is 0 Å². The second-order valence-electron chi connectivity index (χ2n) is 3.73. The number of carbonyl (C=O) groups is 1. The number of rotatable bonds is 2. The fourth-order valence-electron chi connectivity index (χ4n) is 1.76. The van der Waals surface area contributed by atoms with Crippen molar-refractivity contribution < 1.29 is 18.0 Å². The number of hydrogen-bond acceptors (Lipinski definition) is 2. The Morgan fingerprint density at radius 3 is 2.47 bits per heavy atom. The van der Waals surface area contributed by atoms with E-state index in [1.165, 1.54) is 30.5 Å². The van der Waals surface area contributed by atoms with Gasteiger partial charge in [0.2, 0.25) is 0 Å². The van der Waals surface area contributed by atoms with Crippen molar-refractivity contribution in [3.05, 3.63) is 52.8 Å². The number of hydrogen-bond donors (Lipinski definition) is 0. The summed E-state index contributed by atoms with van der Waals surface area (Å²) in [7, 11) is 0. The fourth-order valence-corrected chi connectivity index (χ4v) is 2.03. The number of nitrogens with zero attached hydrogens (tertiary/aromatic N) is 1. The number of halogens is 4. The Balaban J connectivity index is 2.77. The van der Waals surface area contributed by atoms with Crippen LogP contribution in [0.5, 0.6) is 0 Å². The van der Waals surface area contributed by atoms with E-state index in [4.69, 9.17) is 11.6 Å². The molecule has 1 heterocycles. The maximum absolute atomic E-state index is 12.9. The molecule has 0 N–H and O–H groups in total. The molecule has 0 aliphatic heterocycles. The first-order valence-electron chi connectivity index (χ1n) is 5.21. The largest absolute Gasteiger partial charge is 0.417 e. The average Bonchev–Trinajstić information content (AvgIpc) is 2.37. The Hall–Kier alpha value is -1.88. The highest BCUT2D eigenvalue weighted by molar-refractivity contribution is 6.32. The lowest BCUT2D eigenvalue weighted by molar-refractivity contribution is -0.137. The highest BCUT2D eigenvalue weighted by atomic mass is 35.5. The number of aldehydes is 1. The molecule has 0 saturated heterocycles. The summed E-state index contributed by atoms with van der Waals surface area (Å²) in [6.45, 7) is 0. The van der Waals surface area contributed by atoms with Crippen LogP contribution in [0, 0.1) is 0 Å². The van der Waals surface area contributed by atoms with E-state index in [9.17, 15) is 18.0 Å². The third-order valence-electron chi connectivity index (χ3n) is 2.57. The number of alkyl halides is 3. The Morgan fingerprint density at radius 1 is 1.16 bits per heavy atom. The van der Waals surface area contributed by atoms with Gasteiger partial charge in [0.1, 0.15) is 5.15 Å². The normalized spacial score (nSPS) is 11.4. The standard InChI is InChI=1S/C13H7ClF3NO/c14-12-11(8(7-19)5-6-18-12)9-3-1-2-4-10(9)13(15,16)17/h1-7H. The molecule has 0 spiro atoms. The van der Waals surface area contributed by atoms with Gasteiger partial charge in [-0.25, -0.2) is 4.98 Å². The van der Waals surface area contributed by atoms with Gasteiger partial charge in [0.15, 0.2) is 6.29 Å². The Bertz CT molecular complexity index is 626. The summed E-state index contributed by atoms with van der Waals surface area (Å²) in [5, 5.41) is -0.138. The van der Waals surface area contributed by atoms with E-state index in [0.717, 1.165) is 6.07 Å². The summed E-state index contributed by atoms with van der Waals surface area (Å²) in [4.78, 5) is 14.7. The highest BCUT2D eigenvalue weighted by Gasteiger charge is 2.34. The van der Waals surface area contributed by atoms with Gasteiger partial charge in [-0.2, -0.15) is 13.2 Å². The van der Waals surface area contributed by atoms with Gasteiger partial charge in [-0.05, 0) is 17.7 Å². The minimum Gasteiger partial charge on any atom is -0.298 e. The minimum absolute atomic E-state index is 0.00732. The van der Waals surface area contributed by atoms with E-state index < -0.39 is 11.7 Å². The lowest BCUT2D eigenvalue weighted by atomic mass is 9.97. The molecule has 1 aromatic carbocycles. The monoisotopic (exact) mass is 285 g/mol. The van der Waals surface area contributed by atoms with Crippen LogP contribution in [0.3, 0.4) is 0 Å². The molecule has 0 aliphatic rings. The summed E-state index contributed by atoms with van der Waals surface area (Å²) >= 11 is 5.83. The van der Waals surface area contributed by atoms with Crippen molar-refractivity contribution in [3.8, 4) is 11.1 Å². The van der Waals surface area contributed by atoms with Crippen molar-refractivity contribution in [1.82, 2.24) is 4.98 Å². The number of carbonyl (C=O) groups excluding carboxylic acids is 1. The van der Waals surface area contributed by atoms with Gasteiger partial charge in [-0.3, -0.25) is 4.79 Å². The molecule has 2 aromatic rings. The molecular weight excluding hydrogens is 279 g/mol. The van der Waals surface area contributed by atoms with Crippen LogP contribution in [0.25, 0.3) is 11.1 Å². The van der Waals surface area contributed by atoms with Crippen LogP contribution < -0.4 is 0 Å². The van der Waals surface area contributed by atoms with Crippen LogP contribution >= 0.6 is 11.6 Å². The molecule has 0 saturated carbocycles. The van der Waals surface area contributed by atoms with Crippen LogP contribution in [0.2, 0.25) is 5.15 Å². The molecule has 0 bridgehead atoms. The summed E-state index contributed by atoms with van der Waals surface area (Å²) < 4.78 is 38.8. The number of aromatic nitrogens is 1. The van der Waals surface area contributed by atoms with Crippen LogP contribution in [0.1, 0.15) is 15.9 Å². The summed E-state index contributed by atoms with van der Waals surface area (Å²) in [6, 6.07) is 6.24. The number of benzene rings is 1. The third kappa shape index (κ3) is 2.61. The zero-order chi connectivity index (χ0) is 14.0. The van der Waals surface area contributed by atoms with Crippen LogP contribution in [0.15, 0.2) is 36.5 Å². The molecule has 0 atom stereocenters. The molecule has 0 aliphatic carbocycles. The molecule has 0 unspecified atom stereocenters. The first kappa shape index (κ1) is 13.5. The maximum Gasteiger partial charge on any atom is 0.417 e. The summed E-state index contributed by atoms with van der Waals surface area (Å²) in [5.74, 6) is 0. The molecule has 6 heteroatoms. The van der Waals surface area contributed by atoms with Gasteiger partial charge in [0.25, 0.3) is 0 Å². The minimum atomic E-state index is -4.53. The quantitative estimate of drug-likeness (QED) is 0.610. The van der Waals surface area contributed by atoms with Crippen molar-refractivity contribution >= 4 is 17.9 Å². The van der Waals surface area contributed by atoms with Crippen LogP contribution in [-0.2, 0) is 6.18 Å². The van der Waals surface area contributed by atoms with Gasteiger partial charge >= 0.3 is 6.18 Å². The molecule has 0 fully saturated rings. The molecule has 2 nitrogen and oxygen atoms in total. The van der Waals surface area contributed by atoms with E-state index in [0.29, 0.717) is 6.29 Å². The lowest BCUT2D eigenvalue weighted by Crippen LogP contribution is -2.08. The topological polar surface area (TPSA) is 30.0 Å². The Kier molecular flexibility index (Phi) is 3.57. The lowest BCUT2D eigenvalue weighted by Gasteiger charge is -2.14. The zero-order valence-corrected chi connectivity index (χ0v) is 10.2. The van der Waals surface area contributed by atoms with Crippen molar-refractivity contribution in [2.75, 3.05) is 0 Å². The van der Waals surface area contributed by atoms with Gasteiger partial charge < -0.3 is 0 Å². The fraction of sp³-hybridized carbons (Fsp3) is 0.0769. The van der Waals surface area contributed by atoms with Gasteiger partial charge in [0, 0.05) is 17.3 Å². The first-order valence-corrected chi connectivity index (χ1v) is 5.59. The molecule has 98 valence electrons. The zero-order valence-electron chi connectivity index (χ0n) is 9.41. The molecule has 2 rings (SSSR count). The third-order valence-corrected chi connectivity index (χ3v) is 2.85. The smallest absolute Gasteiger partial charge is 0.298 e. The Morgan fingerprint density at radius 2 is 1.84 bits per heavy atom. The van der Waals surface area contributed by atoms with Gasteiger partial charge in [-0.1, -0.05) is 29.8 Å². The van der Waals surface area contributed by atoms with Crippen molar-refractivity contribution in [1.29, 1.82) is 0 Å². The highest BCUT2D eigenvalue weighted by Crippen LogP contribution is 2.39. The van der Waals surface area contributed by atoms with Crippen molar-refractivity contribution in [3.63, 3.8) is 0 Å². The SMILES string of the molecule is O=Cc1ccnc(Cl)c1-c1ccccc1C(F)(F)F. The van der Waals surface area contributed by atoms with E-state index >= 15 is 0 Å². The molecule has 0 radical (unpaired) electrons. The predicted molar refractivity (Wildman–Crippen MR) is 65.1 cm³/mol. The second-order valence-corrected chi connectivity index (χ2v) is 4.09. The predicted octanol–water partition coefficient (Wildman–Crippen LogP) is 4.23. The first-order chi connectivity index (χ1) is 8.95. The summed E-state index contributed by atoms with van der Waals surface area (Å²) in [6.07, 6.45) is -2.81. The van der Waals surface area contributed by atoms with E-state index in [-0.39, 0.29) is 21.8 Å². The number of pyridine rings is 1. The van der Waals surface area contributed by atoms with E-state index in [2.05, 4.69) is 4.98 Å². The van der Waals surface area contributed by atoms with Gasteiger partial charge in [0.05, 0.1) is 5.56 Å². The van der Waals surface area contributed by atoms with Gasteiger partial charge in [-0.15, -0.1) is 0 Å². The molecule has 0 amide bonds. The molecular formula is C13H7ClF3NO.